The molecule has 1 aliphatic heterocycles. The molecule has 1 saturated heterocycles. The van der Waals surface area contributed by atoms with Gasteiger partial charge in [-0.2, -0.15) is 5.10 Å². The maximum absolute atomic E-state index is 12.7. The highest BCUT2D eigenvalue weighted by Gasteiger charge is 2.33. The van der Waals surface area contributed by atoms with Gasteiger partial charge in [0.25, 0.3) is 0 Å². The van der Waals surface area contributed by atoms with Crippen molar-refractivity contribution in [3.8, 4) is 0 Å². The number of carbonyl (C=O) groups is 1. The second-order valence-electron chi connectivity index (χ2n) is 8.75. The lowest BCUT2D eigenvalue weighted by Gasteiger charge is -2.39. The quantitative estimate of drug-likeness (QED) is 0.807. The van der Waals surface area contributed by atoms with E-state index in [9.17, 15) is 4.79 Å². The average molecular weight is 347 g/mol. The largest absolute Gasteiger partial charge is 0.343 e. The molecule has 0 spiro atoms. The number of amides is 1. The van der Waals surface area contributed by atoms with Crippen molar-refractivity contribution >= 4 is 5.91 Å². The zero-order valence-corrected chi connectivity index (χ0v) is 16.2. The van der Waals surface area contributed by atoms with Crippen LogP contribution in [0.5, 0.6) is 0 Å². The van der Waals surface area contributed by atoms with Crippen molar-refractivity contribution in [2.45, 2.75) is 78.2 Å². The van der Waals surface area contributed by atoms with Crippen molar-refractivity contribution in [2.75, 3.05) is 13.1 Å². The fraction of sp³-hybridized carbons (Fsp3) is 0.850. The number of carbonyl (C=O) groups excluding carboxylic acids is 1. The van der Waals surface area contributed by atoms with E-state index in [1.165, 1.54) is 32.1 Å². The van der Waals surface area contributed by atoms with E-state index in [0.717, 1.165) is 38.3 Å². The monoisotopic (exact) mass is 346 g/mol. The van der Waals surface area contributed by atoms with Gasteiger partial charge in [0.05, 0.1) is 6.04 Å². The van der Waals surface area contributed by atoms with E-state index in [1.807, 2.05) is 4.68 Å². The summed E-state index contributed by atoms with van der Waals surface area (Å²) in [5, 5.41) is 4.24. The Hall–Kier alpha value is -1.39. The Morgan fingerprint density at radius 3 is 2.36 bits per heavy atom. The molecule has 0 bridgehead atoms. The van der Waals surface area contributed by atoms with Crippen LogP contribution in [-0.2, 0) is 4.79 Å². The van der Waals surface area contributed by atoms with Crippen LogP contribution in [0, 0.1) is 17.3 Å². The summed E-state index contributed by atoms with van der Waals surface area (Å²) in [5.41, 5.74) is 0.457. The van der Waals surface area contributed by atoms with E-state index in [0.29, 0.717) is 23.3 Å². The molecule has 0 unspecified atom stereocenters. The van der Waals surface area contributed by atoms with Gasteiger partial charge in [0.15, 0.2) is 0 Å². The predicted octanol–water partition coefficient (Wildman–Crippen LogP) is 4.07. The third kappa shape index (κ3) is 4.42. The molecule has 2 fully saturated rings. The molecule has 25 heavy (non-hydrogen) atoms. The minimum absolute atomic E-state index is 0.371. The first kappa shape index (κ1) is 18.4. The number of aromatic nitrogens is 3. The lowest BCUT2D eigenvalue weighted by Crippen LogP contribution is -2.40. The van der Waals surface area contributed by atoms with E-state index >= 15 is 0 Å². The molecule has 1 amide bonds. The van der Waals surface area contributed by atoms with Crippen molar-refractivity contribution in [3.63, 3.8) is 0 Å². The van der Waals surface area contributed by atoms with Crippen LogP contribution in [0.3, 0.4) is 0 Å². The Labute approximate surface area is 152 Å². The summed E-state index contributed by atoms with van der Waals surface area (Å²) >= 11 is 0. The summed E-state index contributed by atoms with van der Waals surface area (Å²) in [6.07, 6.45) is 12.4. The topological polar surface area (TPSA) is 51.0 Å². The lowest BCUT2D eigenvalue weighted by molar-refractivity contribution is -0.134. The van der Waals surface area contributed by atoms with E-state index in [4.69, 9.17) is 0 Å². The van der Waals surface area contributed by atoms with E-state index in [-0.39, 0.29) is 0 Å². The van der Waals surface area contributed by atoms with Crippen molar-refractivity contribution in [2.24, 2.45) is 17.3 Å². The number of rotatable bonds is 5. The first-order chi connectivity index (χ1) is 12.0. The second kappa shape index (κ2) is 7.88. The highest BCUT2D eigenvalue weighted by atomic mass is 16.2. The summed E-state index contributed by atoms with van der Waals surface area (Å²) in [6, 6.07) is 0.401. The molecular weight excluding hydrogens is 312 g/mol. The van der Waals surface area contributed by atoms with Gasteiger partial charge in [-0.1, -0.05) is 27.2 Å². The van der Waals surface area contributed by atoms with Crippen molar-refractivity contribution in [1.82, 2.24) is 19.7 Å². The Morgan fingerprint density at radius 1 is 1.12 bits per heavy atom. The number of hydrogen-bond donors (Lipinski definition) is 0. The molecule has 3 rings (SSSR count). The number of hydrogen-bond acceptors (Lipinski definition) is 3. The first-order valence-corrected chi connectivity index (χ1v) is 10.1. The van der Waals surface area contributed by atoms with Gasteiger partial charge >= 0.3 is 0 Å². The number of likely N-dealkylation sites (tertiary alicyclic amines) is 1. The average Bonchev–Trinajstić information content (AvgIpc) is 3.17. The Bertz CT molecular complexity index is 538. The van der Waals surface area contributed by atoms with Gasteiger partial charge in [0, 0.05) is 19.5 Å². The van der Waals surface area contributed by atoms with E-state index in [2.05, 4.69) is 35.8 Å². The first-order valence-electron chi connectivity index (χ1n) is 10.1. The fourth-order valence-electron chi connectivity index (χ4n) is 4.60. The van der Waals surface area contributed by atoms with Gasteiger partial charge in [-0.3, -0.25) is 4.79 Å². The zero-order valence-electron chi connectivity index (χ0n) is 16.2. The Kier molecular flexibility index (Phi) is 5.80. The smallest absolute Gasteiger partial charge is 0.222 e. The molecule has 1 aromatic heterocycles. The molecule has 140 valence electrons. The van der Waals surface area contributed by atoms with Gasteiger partial charge in [0.2, 0.25) is 5.91 Å². The van der Waals surface area contributed by atoms with Gasteiger partial charge in [-0.25, -0.2) is 9.67 Å². The van der Waals surface area contributed by atoms with Gasteiger partial charge < -0.3 is 4.90 Å². The second-order valence-corrected chi connectivity index (χ2v) is 8.75. The number of nitrogens with zero attached hydrogens (tertiary/aromatic N) is 4. The van der Waals surface area contributed by atoms with Crippen LogP contribution in [0.1, 0.15) is 78.2 Å². The van der Waals surface area contributed by atoms with Gasteiger partial charge in [0.1, 0.15) is 12.7 Å². The molecule has 1 saturated carbocycles. The Balaban J connectivity index is 1.42. The Morgan fingerprint density at radius 2 is 1.80 bits per heavy atom. The van der Waals surface area contributed by atoms with Crippen LogP contribution in [0.25, 0.3) is 0 Å². The molecule has 1 aliphatic carbocycles. The molecule has 0 atom stereocenters. The molecule has 1 aromatic rings. The van der Waals surface area contributed by atoms with Crippen LogP contribution in [-0.4, -0.2) is 38.7 Å². The van der Waals surface area contributed by atoms with E-state index in [1.54, 1.807) is 12.7 Å². The van der Waals surface area contributed by atoms with Crippen LogP contribution in [0.4, 0.5) is 0 Å². The maximum Gasteiger partial charge on any atom is 0.222 e. The predicted molar refractivity (Wildman–Crippen MR) is 99.0 cm³/mol. The van der Waals surface area contributed by atoms with Gasteiger partial charge in [-0.15, -0.1) is 0 Å². The minimum Gasteiger partial charge on any atom is -0.343 e. The van der Waals surface area contributed by atoms with Crippen LogP contribution in [0.2, 0.25) is 0 Å². The third-order valence-corrected chi connectivity index (χ3v) is 6.95. The molecule has 2 aliphatic rings. The molecule has 5 nitrogen and oxygen atoms in total. The van der Waals surface area contributed by atoms with Crippen LogP contribution in [0.15, 0.2) is 12.7 Å². The fourth-order valence-corrected chi connectivity index (χ4v) is 4.60. The summed E-state index contributed by atoms with van der Waals surface area (Å²) in [4.78, 5) is 18.8. The summed E-state index contributed by atoms with van der Waals surface area (Å²) < 4.78 is 1.94. The van der Waals surface area contributed by atoms with Gasteiger partial charge in [-0.05, 0) is 55.8 Å². The molecule has 2 heterocycles. The highest BCUT2D eigenvalue weighted by Crippen LogP contribution is 2.42. The summed E-state index contributed by atoms with van der Waals surface area (Å²) in [6.45, 7) is 8.84. The van der Waals surface area contributed by atoms with Crippen LogP contribution >= 0.6 is 0 Å². The highest BCUT2D eigenvalue weighted by molar-refractivity contribution is 5.76. The van der Waals surface area contributed by atoms with Crippen molar-refractivity contribution in [1.29, 1.82) is 0 Å². The normalized spacial score (nSPS) is 26.0. The standard InChI is InChI=1S/C20H34N4O/c1-4-20(2,3)17-7-5-16(6-8-17)13-19(25)23-11-9-18(10-12-23)24-15-21-14-22-24/h14-18H,4-13H2,1-3H3. The van der Waals surface area contributed by atoms with Crippen molar-refractivity contribution < 1.29 is 4.79 Å². The summed E-state index contributed by atoms with van der Waals surface area (Å²) in [5.74, 6) is 1.81. The molecule has 0 radical (unpaired) electrons. The molecule has 0 N–H and O–H groups in total. The molecular formula is C20H34N4O. The molecule has 0 aromatic carbocycles. The third-order valence-electron chi connectivity index (χ3n) is 6.95. The molecule has 5 heteroatoms. The zero-order chi connectivity index (χ0) is 17.9. The summed E-state index contributed by atoms with van der Waals surface area (Å²) in [7, 11) is 0. The minimum atomic E-state index is 0.371. The lowest BCUT2D eigenvalue weighted by atomic mass is 9.67. The number of piperidine rings is 1. The van der Waals surface area contributed by atoms with Crippen LogP contribution < -0.4 is 0 Å². The van der Waals surface area contributed by atoms with Crippen molar-refractivity contribution in [3.05, 3.63) is 12.7 Å². The SMILES string of the molecule is CCC(C)(C)C1CCC(CC(=O)N2CCC(n3cncn3)CC2)CC1. The maximum atomic E-state index is 12.7. The van der Waals surface area contributed by atoms with E-state index < -0.39 is 0 Å².